The van der Waals surface area contributed by atoms with Crippen molar-refractivity contribution in [3.63, 3.8) is 0 Å². The maximum absolute atomic E-state index is 12.8. The van der Waals surface area contributed by atoms with Crippen molar-refractivity contribution in [1.82, 2.24) is 0 Å². The Labute approximate surface area is 124 Å². The number of benzene rings is 2. The SMILES string of the molecule is Cc1ccc(N)cc1S(=O)CC(=O)Nc1ccc(F)cc1. The highest BCUT2D eigenvalue weighted by molar-refractivity contribution is 7.85. The van der Waals surface area contributed by atoms with E-state index in [9.17, 15) is 13.4 Å². The van der Waals surface area contributed by atoms with Crippen LogP contribution in [0, 0.1) is 12.7 Å². The third-order valence-electron chi connectivity index (χ3n) is 2.85. The van der Waals surface area contributed by atoms with Crippen molar-refractivity contribution in [2.45, 2.75) is 11.8 Å². The maximum Gasteiger partial charge on any atom is 0.237 e. The number of halogens is 1. The largest absolute Gasteiger partial charge is 0.399 e. The van der Waals surface area contributed by atoms with Crippen LogP contribution in [0.3, 0.4) is 0 Å². The molecule has 0 bridgehead atoms. The second kappa shape index (κ2) is 6.49. The smallest absolute Gasteiger partial charge is 0.237 e. The number of carbonyl (C=O) groups is 1. The molecule has 2 rings (SSSR count). The van der Waals surface area contributed by atoms with Gasteiger partial charge in [-0.25, -0.2) is 4.39 Å². The van der Waals surface area contributed by atoms with Crippen molar-refractivity contribution in [3.8, 4) is 0 Å². The Kier molecular flexibility index (Phi) is 4.70. The highest BCUT2D eigenvalue weighted by atomic mass is 32.2. The summed E-state index contributed by atoms with van der Waals surface area (Å²) in [4.78, 5) is 12.4. The Balaban J connectivity index is 2.03. The first-order valence-corrected chi connectivity index (χ1v) is 7.57. The lowest BCUT2D eigenvalue weighted by Crippen LogP contribution is -2.20. The van der Waals surface area contributed by atoms with Gasteiger partial charge < -0.3 is 11.1 Å². The minimum absolute atomic E-state index is 0.179. The number of rotatable bonds is 4. The predicted octanol–water partition coefficient (Wildman–Crippen LogP) is 2.46. The summed E-state index contributed by atoms with van der Waals surface area (Å²) in [6, 6.07) is 10.5. The van der Waals surface area contributed by atoms with Gasteiger partial charge in [0.2, 0.25) is 5.91 Å². The number of nitrogens with one attached hydrogen (secondary N) is 1. The summed E-state index contributed by atoms with van der Waals surface area (Å²) in [5.41, 5.74) is 7.44. The Hall–Kier alpha value is -2.21. The van der Waals surface area contributed by atoms with Gasteiger partial charge in [0, 0.05) is 16.3 Å². The summed E-state index contributed by atoms with van der Waals surface area (Å²) < 4.78 is 25.0. The normalized spacial score (nSPS) is 11.9. The Bertz CT molecular complexity index is 687. The molecule has 0 aliphatic carbocycles. The van der Waals surface area contributed by atoms with Crippen LogP contribution in [0.1, 0.15) is 5.56 Å². The lowest BCUT2D eigenvalue weighted by Gasteiger charge is -2.08. The Morgan fingerprint density at radius 2 is 1.90 bits per heavy atom. The molecule has 4 nitrogen and oxygen atoms in total. The summed E-state index contributed by atoms with van der Waals surface area (Å²) in [6.45, 7) is 1.81. The third kappa shape index (κ3) is 4.13. The molecule has 21 heavy (non-hydrogen) atoms. The van der Waals surface area contributed by atoms with Crippen LogP contribution in [-0.4, -0.2) is 15.9 Å². The molecular formula is C15H15FN2O2S. The van der Waals surface area contributed by atoms with Gasteiger partial charge in [-0.3, -0.25) is 9.00 Å². The van der Waals surface area contributed by atoms with E-state index in [1.807, 2.05) is 6.92 Å². The van der Waals surface area contributed by atoms with E-state index in [4.69, 9.17) is 5.73 Å². The molecule has 0 spiro atoms. The average molecular weight is 306 g/mol. The predicted molar refractivity (Wildman–Crippen MR) is 81.9 cm³/mol. The number of amides is 1. The fraction of sp³-hybridized carbons (Fsp3) is 0.133. The number of carbonyl (C=O) groups excluding carboxylic acids is 1. The first kappa shape index (κ1) is 15.2. The van der Waals surface area contributed by atoms with Crippen molar-refractivity contribution >= 4 is 28.1 Å². The molecule has 2 aromatic carbocycles. The molecule has 110 valence electrons. The monoisotopic (exact) mass is 306 g/mol. The van der Waals surface area contributed by atoms with E-state index in [0.717, 1.165) is 5.56 Å². The van der Waals surface area contributed by atoms with E-state index in [1.54, 1.807) is 18.2 Å². The molecule has 0 radical (unpaired) electrons. The molecule has 0 fully saturated rings. The van der Waals surface area contributed by atoms with Crippen molar-refractivity contribution < 1.29 is 13.4 Å². The van der Waals surface area contributed by atoms with E-state index in [1.165, 1.54) is 24.3 Å². The first-order chi connectivity index (χ1) is 9.95. The molecule has 1 unspecified atom stereocenters. The number of nitrogen functional groups attached to an aromatic ring is 1. The van der Waals surface area contributed by atoms with E-state index < -0.39 is 16.7 Å². The molecule has 0 aliphatic heterocycles. The number of aryl methyl sites for hydroxylation is 1. The van der Waals surface area contributed by atoms with Gasteiger partial charge in [-0.05, 0) is 48.9 Å². The van der Waals surface area contributed by atoms with Gasteiger partial charge in [0.25, 0.3) is 0 Å². The fourth-order valence-corrected chi connectivity index (χ4v) is 2.95. The van der Waals surface area contributed by atoms with E-state index in [-0.39, 0.29) is 11.6 Å². The lowest BCUT2D eigenvalue weighted by atomic mass is 10.2. The van der Waals surface area contributed by atoms with Crippen molar-refractivity contribution in [1.29, 1.82) is 0 Å². The highest BCUT2D eigenvalue weighted by Crippen LogP contribution is 2.17. The molecule has 3 N–H and O–H groups in total. The van der Waals surface area contributed by atoms with Crippen molar-refractivity contribution in [3.05, 3.63) is 53.8 Å². The third-order valence-corrected chi connectivity index (χ3v) is 4.30. The summed E-state index contributed by atoms with van der Waals surface area (Å²) in [5.74, 6) is -0.962. The quantitative estimate of drug-likeness (QED) is 0.852. The fourth-order valence-electron chi connectivity index (χ4n) is 1.79. The van der Waals surface area contributed by atoms with Gasteiger partial charge >= 0.3 is 0 Å². The summed E-state index contributed by atoms with van der Waals surface area (Å²) >= 11 is 0. The van der Waals surface area contributed by atoms with E-state index >= 15 is 0 Å². The number of hydrogen-bond donors (Lipinski definition) is 2. The summed E-state index contributed by atoms with van der Waals surface area (Å²) in [5, 5.41) is 2.57. The van der Waals surface area contributed by atoms with Crippen LogP contribution < -0.4 is 11.1 Å². The standard InChI is InChI=1S/C15H15FN2O2S/c1-10-2-5-12(17)8-14(10)21(20)9-15(19)18-13-6-3-11(16)4-7-13/h2-8H,9,17H2,1H3,(H,18,19). The average Bonchev–Trinajstić information content (AvgIpc) is 2.44. The minimum Gasteiger partial charge on any atom is -0.399 e. The molecule has 1 amide bonds. The lowest BCUT2D eigenvalue weighted by molar-refractivity contribution is -0.113. The zero-order valence-corrected chi connectivity index (χ0v) is 12.2. The molecule has 1 atom stereocenters. The topological polar surface area (TPSA) is 72.2 Å². The van der Waals surface area contributed by atoms with Crippen LogP contribution in [0.4, 0.5) is 15.8 Å². The number of anilines is 2. The highest BCUT2D eigenvalue weighted by Gasteiger charge is 2.13. The maximum atomic E-state index is 12.8. The van der Waals surface area contributed by atoms with Crippen molar-refractivity contribution in [2.24, 2.45) is 0 Å². The zero-order chi connectivity index (χ0) is 15.4. The zero-order valence-electron chi connectivity index (χ0n) is 11.4. The van der Waals surface area contributed by atoms with Crippen LogP contribution in [0.15, 0.2) is 47.4 Å². The molecule has 0 aliphatic rings. The number of nitrogens with two attached hydrogens (primary N) is 1. The molecule has 0 saturated carbocycles. The van der Waals surface area contributed by atoms with Gasteiger partial charge in [0.15, 0.2) is 0 Å². The summed E-state index contributed by atoms with van der Waals surface area (Å²) in [6.07, 6.45) is 0. The van der Waals surface area contributed by atoms with Crippen LogP contribution in [-0.2, 0) is 15.6 Å². The van der Waals surface area contributed by atoms with Gasteiger partial charge in [0.05, 0.1) is 10.8 Å². The Morgan fingerprint density at radius 1 is 1.24 bits per heavy atom. The van der Waals surface area contributed by atoms with Gasteiger partial charge in [-0.1, -0.05) is 6.07 Å². The molecular weight excluding hydrogens is 291 g/mol. The second-order valence-corrected chi connectivity index (χ2v) is 5.99. The minimum atomic E-state index is -1.48. The van der Waals surface area contributed by atoms with Gasteiger partial charge in [-0.2, -0.15) is 0 Å². The molecule has 6 heteroatoms. The van der Waals surface area contributed by atoms with Crippen LogP contribution in [0.2, 0.25) is 0 Å². The molecule has 0 saturated heterocycles. The molecule has 2 aromatic rings. The van der Waals surface area contributed by atoms with E-state index in [2.05, 4.69) is 5.32 Å². The molecule has 0 heterocycles. The first-order valence-electron chi connectivity index (χ1n) is 6.25. The van der Waals surface area contributed by atoms with Gasteiger partial charge in [-0.15, -0.1) is 0 Å². The van der Waals surface area contributed by atoms with Crippen LogP contribution in [0.25, 0.3) is 0 Å². The van der Waals surface area contributed by atoms with Gasteiger partial charge in [0.1, 0.15) is 11.6 Å². The van der Waals surface area contributed by atoms with Crippen LogP contribution in [0.5, 0.6) is 0 Å². The number of hydrogen-bond acceptors (Lipinski definition) is 3. The van der Waals surface area contributed by atoms with Crippen molar-refractivity contribution in [2.75, 3.05) is 16.8 Å². The Morgan fingerprint density at radius 3 is 2.57 bits per heavy atom. The van der Waals surface area contributed by atoms with Crippen LogP contribution >= 0.6 is 0 Å². The summed E-state index contributed by atoms with van der Waals surface area (Å²) in [7, 11) is -1.48. The second-order valence-electron chi connectivity index (χ2n) is 4.57. The van der Waals surface area contributed by atoms with E-state index in [0.29, 0.717) is 16.3 Å². The molecule has 0 aromatic heterocycles.